The first-order chi connectivity index (χ1) is 15.5. The van der Waals surface area contributed by atoms with Crippen LogP contribution in [0.15, 0.2) is 42.9 Å². The lowest BCUT2D eigenvalue weighted by molar-refractivity contribution is 0.0989. The monoisotopic (exact) mass is 433 g/mol. The number of hydrogen-bond acceptors (Lipinski definition) is 9. The summed E-state index contributed by atoms with van der Waals surface area (Å²) in [5.41, 5.74) is 21.6. The van der Waals surface area contributed by atoms with Gasteiger partial charge in [-0.05, 0) is 37.1 Å². The molecule has 1 fully saturated rings. The highest BCUT2D eigenvalue weighted by atomic mass is 16.5. The van der Waals surface area contributed by atoms with Crippen molar-refractivity contribution in [1.29, 1.82) is 0 Å². The number of carbonyl (C=O) groups excluding carboxylic acids is 1. The zero-order chi connectivity index (χ0) is 22.7. The minimum atomic E-state index is -0.185. The van der Waals surface area contributed by atoms with E-state index in [2.05, 4.69) is 19.9 Å². The van der Waals surface area contributed by atoms with Crippen molar-refractivity contribution < 1.29 is 9.53 Å². The molecule has 1 atom stereocenters. The van der Waals surface area contributed by atoms with E-state index in [1.54, 1.807) is 36.8 Å². The Hall–Kier alpha value is -3.72. The molecule has 0 saturated carbocycles. The van der Waals surface area contributed by atoms with Crippen LogP contribution < -0.4 is 26.8 Å². The number of methoxy groups -OCH3 is 1. The van der Waals surface area contributed by atoms with Gasteiger partial charge in [0.2, 0.25) is 0 Å². The lowest BCUT2D eigenvalue weighted by atomic mass is 10.0. The zero-order valence-electron chi connectivity index (χ0n) is 18.0. The number of nitrogens with zero attached hydrogens (tertiary/aromatic N) is 4. The smallest absolute Gasteiger partial charge is 0.187 e. The number of carbonyl (C=O) groups is 1. The van der Waals surface area contributed by atoms with Crippen LogP contribution in [0.1, 0.15) is 28.9 Å². The molecule has 9 heteroatoms. The number of rotatable bonds is 6. The second-order valence-corrected chi connectivity index (χ2v) is 7.90. The number of hydrogen-bond donors (Lipinski definition) is 3. The molecule has 1 aliphatic heterocycles. The highest BCUT2D eigenvalue weighted by Gasteiger charge is 2.22. The molecule has 3 aromatic rings. The molecule has 9 nitrogen and oxygen atoms in total. The number of anilines is 3. The zero-order valence-corrected chi connectivity index (χ0v) is 18.0. The first-order valence-corrected chi connectivity index (χ1v) is 10.5. The molecule has 6 N–H and O–H groups in total. The second kappa shape index (κ2) is 9.19. The van der Waals surface area contributed by atoms with Crippen LogP contribution in [0.25, 0.3) is 11.3 Å². The van der Waals surface area contributed by atoms with Crippen LogP contribution in [0.4, 0.5) is 17.2 Å². The van der Waals surface area contributed by atoms with Crippen molar-refractivity contribution in [3.05, 3.63) is 54.1 Å². The first-order valence-electron chi connectivity index (χ1n) is 10.5. The van der Waals surface area contributed by atoms with Crippen LogP contribution in [0.5, 0.6) is 5.75 Å². The Labute approximate surface area is 186 Å². The number of Topliss-reactive ketones (excluding diaryl/α,β-unsaturated/α-hetero) is 1. The van der Waals surface area contributed by atoms with Gasteiger partial charge in [0.15, 0.2) is 17.4 Å². The van der Waals surface area contributed by atoms with Gasteiger partial charge in [0, 0.05) is 61.0 Å². The molecule has 0 unspecified atom stereocenters. The molecule has 0 bridgehead atoms. The molecule has 0 aromatic carbocycles. The molecular formula is C23H27N7O2. The Morgan fingerprint density at radius 1 is 1.25 bits per heavy atom. The fourth-order valence-corrected chi connectivity index (χ4v) is 3.96. The van der Waals surface area contributed by atoms with E-state index in [1.165, 1.54) is 7.11 Å². The third kappa shape index (κ3) is 4.47. The van der Waals surface area contributed by atoms with Crippen molar-refractivity contribution >= 4 is 23.0 Å². The summed E-state index contributed by atoms with van der Waals surface area (Å²) in [5.74, 6) is 0.536. The van der Waals surface area contributed by atoms with Crippen molar-refractivity contribution in [2.24, 2.45) is 5.73 Å². The molecule has 4 rings (SSSR count). The largest absolute Gasteiger partial charge is 0.493 e. The Morgan fingerprint density at radius 3 is 2.88 bits per heavy atom. The van der Waals surface area contributed by atoms with E-state index in [0.717, 1.165) is 37.2 Å². The number of nitrogens with two attached hydrogens (primary N) is 3. The lowest BCUT2D eigenvalue weighted by Crippen LogP contribution is -2.43. The van der Waals surface area contributed by atoms with Crippen LogP contribution >= 0.6 is 0 Å². The van der Waals surface area contributed by atoms with Gasteiger partial charge in [0.05, 0.1) is 18.5 Å². The first kappa shape index (κ1) is 21.5. The molecule has 0 amide bonds. The predicted molar refractivity (Wildman–Crippen MR) is 125 cm³/mol. The maximum absolute atomic E-state index is 13.2. The van der Waals surface area contributed by atoms with E-state index in [1.807, 2.05) is 6.07 Å². The van der Waals surface area contributed by atoms with E-state index in [-0.39, 0.29) is 29.8 Å². The lowest BCUT2D eigenvalue weighted by Gasteiger charge is -2.33. The van der Waals surface area contributed by atoms with Gasteiger partial charge < -0.3 is 26.8 Å². The molecule has 3 aromatic heterocycles. The summed E-state index contributed by atoms with van der Waals surface area (Å²) in [6, 6.07) is 7.20. The minimum Gasteiger partial charge on any atom is -0.493 e. The van der Waals surface area contributed by atoms with Gasteiger partial charge in [-0.3, -0.25) is 9.78 Å². The molecule has 1 saturated heterocycles. The summed E-state index contributed by atoms with van der Waals surface area (Å²) in [4.78, 5) is 28.3. The maximum atomic E-state index is 13.2. The van der Waals surface area contributed by atoms with Gasteiger partial charge in [-0.2, -0.15) is 0 Å². The Balaban J connectivity index is 1.62. The van der Waals surface area contributed by atoms with Crippen LogP contribution in [-0.4, -0.2) is 47.0 Å². The van der Waals surface area contributed by atoms with Gasteiger partial charge >= 0.3 is 0 Å². The van der Waals surface area contributed by atoms with Crippen molar-refractivity contribution in [1.82, 2.24) is 15.0 Å². The predicted octanol–water partition coefficient (Wildman–Crippen LogP) is 2.06. The SMILES string of the molecule is COc1cc(-c2ccc(N)c(C(=O)Cc3cnccc3N3CCC[C@H](N)C3)n2)cnc1N. The Bertz CT molecular complexity index is 1140. The van der Waals surface area contributed by atoms with Gasteiger partial charge in [-0.15, -0.1) is 0 Å². The average molecular weight is 434 g/mol. The molecule has 1 aliphatic rings. The van der Waals surface area contributed by atoms with E-state index >= 15 is 0 Å². The van der Waals surface area contributed by atoms with Crippen LogP contribution in [0, 0.1) is 0 Å². The van der Waals surface area contributed by atoms with Gasteiger partial charge in [0.1, 0.15) is 5.69 Å². The summed E-state index contributed by atoms with van der Waals surface area (Å²) in [7, 11) is 1.52. The van der Waals surface area contributed by atoms with Crippen molar-refractivity contribution in [3.63, 3.8) is 0 Å². The Kier molecular flexibility index (Phi) is 6.18. The summed E-state index contributed by atoms with van der Waals surface area (Å²) >= 11 is 0. The number of ketones is 1. The topological polar surface area (TPSA) is 146 Å². The quantitative estimate of drug-likeness (QED) is 0.497. The number of pyridine rings is 3. The number of nitrogen functional groups attached to an aromatic ring is 2. The molecule has 0 spiro atoms. The summed E-state index contributed by atoms with van der Waals surface area (Å²) in [5, 5.41) is 0. The number of ether oxygens (including phenoxy) is 1. The van der Waals surface area contributed by atoms with Gasteiger partial charge in [-0.25, -0.2) is 9.97 Å². The normalized spacial score (nSPS) is 16.1. The van der Waals surface area contributed by atoms with E-state index < -0.39 is 0 Å². The standard InChI is InChI=1S/C23H27N7O2/c1-32-21-10-14(12-28-23(21)26)18-5-4-17(25)22(29-18)20(31)9-15-11-27-7-6-19(15)30-8-2-3-16(24)13-30/h4-7,10-12,16H,2-3,8-9,13,24-25H2,1H3,(H2,26,28)/t16-/m0/s1. The second-order valence-electron chi connectivity index (χ2n) is 7.90. The highest BCUT2D eigenvalue weighted by Crippen LogP contribution is 2.28. The molecule has 4 heterocycles. The van der Waals surface area contributed by atoms with Gasteiger partial charge in [-0.1, -0.05) is 0 Å². The minimum absolute atomic E-state index is 0.125. The summed E-state index contributed by atoms with van der Waals surface area (Å²) < 4.78 is 5.24. The average Bonchev–Trinajstić information content (AvgIpc) is 2.80. The molecule has 0 radical (unpaired) electrons. The maximum Gasteiger partial charge on any atom is 0.187 e. The fourth-order valence-electron chi connectivity index (χ4n) is 3.96. The molecule has 32 heavy (non-hydrogen) atoms. The third-order valence-electron chi connectivity index (χ3n) is 5.62. The van der Waals surface area contributed by atoms with E-state index in [4.69, 9.17) is 21.9 Å². The summed E-state index contributed by atoms with van der Waals surface area (Å²) in [6.07, 6.45) is 7.21. The Morgan fingerprint density at radius 2 is 2.09 bits per heavy atom. The molecule has 0 aliphatic carbocycles. The number of aromatic nitrogens is 3. The summed E-state index contributed by atoms with van der Waals surface area (Å²) in [6.45, 7) is 1.66. The fraction of sp³-hybridized carbons (Fsp3) is 0.304. The van der Waals surface area contributed by atoms with Crippen LogP contribution in [0.2, 0.25) is 0 Å². The van der Waals surface area contributed by atoms with Crippen LogP contribution in [0.3, 0.4) is 0 Å². The van der Waals surface area contributed by atoms with Crippen LogP contribution in [-0.2, 0) is 6.42 Å². The highest BCUT2D eigenvalue weighted by molar-refractivity contribution is 6.01. The van der Waals surface area contributed by atoms with Gasteiger partial charge in [0.25, 0.3) is 0 Å². The molecule has 166 valence electrons. The van der Waals surface area contributed by atoms with Crippen molar-refractivity contribution in [2.45, 2.75) is 25.3 Å². The van der Waals surface area contributed by atoms with Crippen molar-refractivity contribution in [2.75, 3.05) is 36.6 Å². The van der Waals surface area contributed by atoms with E-state index in [9.17, 15) is 4.79 Å². The number of piperidine rings is 1. The third-order valence-corrected chi connectivity index (χ3v) is 5.62. The van der Waals surface area contributed by atoms with E-state index in [0.29, 0.717) is 22.7 Å². The van der Waals surface area contributed by atoms with Crippen molar-refractivity contribution in [3.8, 4) is 17.0 Å². The molecular weight excluding hydrogens is 406 g/mol.